The van der Waals surface area contributed by atoms with Gasteiger partial charge in [0.1, 0.15) is 11.6 Å². The highest BCUT2D eigenvalue weighted by Gasteiger charge is 2.25. The molecule has 0 spiro atoms. The summed E-state index contributed by atoms with van der Waals surface area (Å²) < 4.78 is 24.9. The molecule has 0 aliphatic carbocycles. The van der Waals surface area contributed by atoms with Gasteiger partial charge in [-0.05, 0) is 93.5 Å². The summed E-state index contributed by atoms with van der Waals surface area (Å²) in [6, 6.07) is 17.7. The summed E-state index contributed by atoms with van der Waals surface area (Å²) >= 11 is 0. The summed E-state index contributed by atoms with van der Waals surface area (Å²) in [6.45, 7) is 4.84. The van der Waals surface area contributed by atoms with Gasteiger partial charge in [0.15, 0.2) is 5.58 Å². The quantitative estimate of drug-likeness (QED) is 0.283. The van der Waals surface area contributed by atoms with Crippen molar-refractivity contribution in [1.29, 1.82) is 0 Å². The van der Waals surface area contributed by atoms with Crippen LogP contribution in [0.15, 0.2) is 59.1 Å². The van der Waals surface area contributed by atoms with Gasteiger partial charge >= 0.3 is 0 Å². The molecule has 1 fully saturated rings. The molecule has 1 saturated heterocycles. The van der Waals surface area contributed by atoms with Crippen molar-refractivity contribution in [3.05, 3.63) is 71.7 Å². The van der Waals surface area contributed by atoms with Crippen molar-refractivity contribution in [2.45, 2.75) is 31.6 Å². The summed E-state index contributed by atoms with van der Waals surface area (Å²) in [5.74, 6) is 1.03. The lowest BCUT2D eigenvalue weighted by molar-refractivity contribution is 0.191. The molecule has 0 atom stereocenters. The zero-order valence-electron chi connectivity index (χ0n) is 20.7. The second-order valence-corrected chi connectivity index (χ2v) is 9.88. The highest BCUT2D eigenvalue weighted by atomic mass is 19.1. The molecule has 184 valence electrons. The number of ether oxygens (including phenoxy) is 1. The van der Waals surface area contributed by atoms with E-state index >= 15 is 0 Å². The first-order valence-corrected chi connectivity index (χ1v) is 12.6. The van der Waals surface area contributed by atoms with Gasteiger partial charge in [-0.25, -0.2) is 4.39 Å². The van der Waals surface area contributed by atoms with Crippen molar-refractivity contribution in [2.24, 2.45) is 0 Å². The number of fused-ring (bicyclic) bond motifs is 2. The molecule has 0 N–H and O–H groups in total. The number of rotatable bonds is 9. The van der Waals surface area contributed by atoms with Crippen LogP contribution in [0, 0.1) is 5.82 Å². The van der Waals surface area contributed by atoms with Crippen LogP contribution in [0.3, 0.4) is 0 Å². The molecule has 5 rings (SSSR count). The van der Waals surface area contributed by atoms with E-state index in [0.717, 1.165) is 68.7 Å². The lowest BCUT2D eigenvalue weighted by Crippen LogP contribution is -2.34. The number of hydrogen-bond donors (Lipinski definition) is 0. The third kappa shape index (κ3) is 5.65. The molecule has 0 bridgehead atoms. The first-order chi connectivity index (χ1) is 17.1. The molecule has 1 aliphatic heterocycles. The molecule has 5 nitrogen and oxygen atoms in total. The fourth-order valence-electron chi connectivity index (χ4n) is 5.10. The molecule has 0 unspecified atom stereocenters. The van der Waals surface area contributed by atoms with Crippen molar-refractivity contribution in [2.75, 3.05) is 46.9 Å². The Labute approximate surface area is 206 Å². The van der Waals surface area contributed by atoms with Gasteiger partial charge in [-0.3, -0.25) is 0 Å². The van der Waals surface area contributed by atoms with E-state index in [4.69, 9.17) is 9.26 Å². The molecule has 4 aromatic rings. The summed E-state index contributed by atoms with van der Waals surface area (Å²) in [7, 11) is 4.22. The van der Waals surface area contributed by atoms with Gasteiger partial charge in [0.2, 0.25) is 0 Å². The van der Waals surface area contributed by atoms with Crippen molar-refractivity contribution < 1.29 is 13.7 Å². The molecule has 3 aromatic carbocycles. The molecule has 35 heavy (non-hydrogen) atoms. The van der Waals surface area contributed by atoms with E-state index in [1.54, 1.807) is 6.07 Å². The largest absolute Gasteiger partial charge is 0.494 e. The smallest absolute Gasteiger partial charge is 0.170 e. The number of piperidine rings is 1. The lowest BCUT2D eigenvalue weighted by Gasteiger charge is -2.31. The second-order valence-electron chi connectivity index (χ2n) is 9.88. The highest BCUT2D eigenvalue weighted by molar-refractivity contribution is 5.87. The minimum Gasteiger partial charge on any atom is -0.494 e. The predicted molar refractivity (Wildman–Crippen MR) is 139 cm³/mol. The average Bonchev–Trinajstić information content (AvgIpc) is 3.28. The fourth-order valence-corrected chi connectivity index (χ4v) is 5.10. The van der Waals surface area contributed by atoms with E-state index in [9.17, 15) is 4.39 Å². The van der Waals surface area contributed by atoms with E-state index in [0.29, 0.717) is 18.1 Å². The van der Waals surface area contributed by atoms with Crippen LogP contribution >= 0.6 is 0 Å². The molecule has 2 heterocycles. The fraction of sp³-hybridized carbons (Fsp3) is 0.414. The molecular formula is C29H34FN3O2. The maximum absolute atomic E-state index is 13.4. The Morgan fingerprint density at radius 2 is 1.91 bits per heavy atom. The lowest BCUT2D eigenvalue weighted by atomic mass is 9.91. The number of aromatic nitrogens is 1. The minimum absolute atomic E-state index is 0.286. The number of nitrogens with zero attached hydrogens (tertiary/aromatic N) is 3. The number of hydrogen-bond acceptors (Lipinski definition) is 5. The summed E-state index contributed by atoms with van der Waals surface area (Å²) in [6.07, 6.45) is 4.11. The van der Waals surface area contributed by atoms with E-state index in [-0.39, 0.29) is 5.82 Å². The van der Waals surface area contributed by atoms with Gasteiger partial charge < -0.3 is 19.1 Å². The van der Waals surface area contributed by atoms with E-state index in [1.165, 1.54) is 28.5 Å². The zero-order valence-corrected chi connectivity index (χ0v) is 20.7. The zero-order chi connectivity index (χ0) is 24.2. The maximum Gasteiger partial charge on any atom is 0.170 e. The number of likely N-dealkylation sites (N-methyl/N-ethyl adjacent to an activating group) is 1. The standard InChI is InChI=1S/C29H34FN3O2/c1-32(2)15-11-22-6-3-5-21-7-9-25(20-27(21)22)34-18-4-14-33-16-12-23(13-17-33)29-26-10-8-24(30)19-28(26)35-31-29/h3,5-10,19-20,23H,4,11-18H2,1-2H3. The Kier molecular flexibility index (Phi) is 7.30. The van der Waals surface area contributed by atoms with Gasteiger partial charge in [-0.15, -0.1) is 0 Å². The van der Waals surface area contributed by atoms with Crippen LogP contribution in [-0.4, -0.2) is 61.8 Å². The van der Waals surface area contributed by atoms with Crippen molar-refractivity contribution >= 4 is 21.7 Å². The highest BCUT2D eigenvalue weighted by Crippen LogP contribution is 2.33. The van der Waals surface area contributed by atoms with Gasteiger partial charge in [0.25, 0.3) is 0 Å². The van der Waals surface area contributed by atoms with Crippen LogP contribution < -0.4 is 4.74 Å². The molecule has 0 amide bonds. The molecule has 0 radical (unpaired) electrons. The Morgan fingerprint density at radius 1 is 1.06 bits per heavy atom. The van der Waals surface area contributed by atoms with Gasteiger partial charge in [-0.2, -0.15) is 0 Å². The average molecular weight is 476 g/mol. The summed E-state index contributed by atoms with van der Waals surface area (Å²) in [4.78, 5) is 4.72. The Hall–Kier alpha value is -2.96. The Morgan fingerprint density at radius 3 is 2.74 bits per heavy atom. The maximum atomic E-state index is 13.4. The van der Waals surface area contributed by atoms with Crippen molar-refractivity contribution in [1.82, 2.24) is 15.0 Å². The molecule has 1 aliphatic rings. The van der Waals surface area contributed by atoms with Crippen LogP contribution in [0.4, 0.5) is 4.39 Å². The Bertz CT molecular complexity index is 1280. The molecule has 0 saturated carbocycles. The number of benzene rings is 3. The van der Waals surface area contributed by atoms with Crippen molar-refractivity contribution in [3.63, 3.8) is 0 Å². The first kappa shape index (κ1) is 23.8. The summed E-state index contributed by atoms with van der Waals surface area (Å²) in [5, 5.41) is 7.76. The van der Waals surface area contributed by atoms with E-state index in [2.05, 4.69) is 65.5 Å². The third-order valence-electron chi connectivity index (χ3n) is 7.10. The third-order valence-corrected chi connectivity index (χ3v) is 7.10. The van der Waals surface area contributed by atoms with Gasteiger partial charge in [0.05, 0.1) is 12.3 Å². The number of likely N-dealkylation sites (tertiary alicyclic amines) is 1. The normalized spacial score (nSPS) is 15.4. The van der Waals surface area contributed by atoms with Crippen LogP contribution in [0.25, 0.3) is 21.7 Å². The minimum atomic E-state index is -0.286. The summed E-state index contributed by atoms with van der Waals surface area (Å²) in [5.41, 5.74) is 2.89. The monoisotopic (exact) mass is 475 g/mol. The first-order valence-electron chi connectivity index (χ1n) is 12.6. The van der Waals surface area contributed by atoms with Gasteiger partial charge in [0, 0.05) is 30.5 Å². The van der Waals surface area contributed by atoms with Crippen molar-refractivity contribution in [3.8, 4) is 5.75 Å². The second kappa shape index (κ2) is 10.8. The van der Waals surface area contributed by atoms with Crippen LogP contribution in [-0.2, 0) is 6.42 Å². The van der Waals surface area contributed by atoms with Crippen LogP contribution in [0.1, 0.15) is 36.4 Å². The molecular weight excluding hydrogens is 441 g/mol. The Balaban J connectivity index is 1.10. The van der Waals surface area contributed by atoms with Crippen LogP contribution in [0.2, 0.25) is 0 Å². The topological polar surface area (TPSA) is 41.7 Å². The van der Waals surface area contributed by atoms with Gasteiger partial charge in [-0.1, -0.05) is 29.4 Å². The molecule has 1 aromatic heterocycles. The SMILES string of the molecule is CN(C)CCc1cccc2ccc(OCCCN3CCC(c4noc5cc(F)ccc45)CC3)cc12. The van der Waals surface area contributed by atoms with E-state index < -0.39 is 0 Å². The predicted octanol–water partition coefficient (Wildman–Crippen LogP) is 5.87. The van der Waals surface area contributed by atoms with Crippen LogP contribution in [0.5, 0.6) is 5.75 Å². The molecule has 6 heteroatoms. The van der Waals surface area contributed by atoms with E-state index in [1.807, 2.05) is 0 Å². The number of halogens is 1.